The molecule has 6 nitrogen and oxygen atoms in total. The van der Waals surface area contributed by atoms with Crippen LogP contribution in [-0.2, 0) is 20.5 Å². The van der Waals surface area contributed by atoms with Crippen molar-refractivity contribution in [3.8, 4) is 5.75 Å². The average Bonchev–Trinajstić information content (AvgIpc) is 2.72. The van der Waals surface area contributed by atoms with Crippen LogP contribution in [0.3, 0.4) is 0 Å². The minimum atomic E-state index is -0.884. The number of ether oxygens (including phenoxy) is 1. The number of methoxy groups -OCH3 is 1. The maximum Gasteiger partial charge on any atom is 0.498 e. The summed E-state index contributed by atoms with van der Waals surface area (Å²) >= 11 is 0. The van der Waals surface area contributed by atoms with Gasteiger partial charge in [0.15, 0.2) is 0 Å². The molecule has 1 aromatic carbocycles. The van der Waals surface area contributed by atoms with E-state index in [0.717, 1.165) is 11.0 Å². The van der Waals surface area contributed by atoms with Crippen LogP contribution in [0.25, 0.3) is 0 Å². The van der Waals surface area contributed by atoms with Crippen molar-refractivity contribution in [2.75, 3.05) is 14.2 Å². The van der Waals surface area contributed by atoms with Gasteiger partial charge >= 0.3 is 13.1 Å². The molecule has 7 heteroatoms. The molecule has 0 spiro atoms. The van der Waals surface area contributed by atoms with E-state index in [1.807, 2.05) is 45.9 Å². The predicted octanol–water partition coefficient (Wildman–Crippen LogP) is 1.21. The lowest BCUT2D eigenvalue weighted by molar-refractivity contribution is -0.139. The Balaban J connectivity index is 2.32. The molecule has 1 fully saturated rings. The average molecular weight is 335 g/mol. The third kappa shape index (κ3) is 3.58. The van der Waals surface area contributed by atoms with Crippen molar-refractivity contribution < 1.29 is 23.9 Å². The minimum absolute atomic E-state index is 0.363. The topological polar surface area (TPSA) is 77.0 Å². The van der Waals surface area contributed by atoms with Crippen molar-refractivity contribution in [3.63, 3.8) is 0 Å². The number of benzene rings is 1. The Morgan fingerprint density at radius 3 is 2.33 bits per heavy atom. The lowest BCUT2D eigenvalue weighted by atomic mass is 9.77. The van der Waals surface area contributed by atoms with Gasteiger partial charge in [-0.3, -0.25) is 4.79 Å². The van der Waals surface area contributed by atoms with Crippen LogP contribution in [0.5, 0.6) is 5.75 Å². The van der Waals surface area contributed by atoms with E-state index < -0.39 is 30.3 Å². The zero-order valence-electron chi connectivity index (χ0n) is 15.2. The molecular formula is C17H26BNO5. The highest BCUT2D eigenvalue weighted by atomic mass is 16.7. The first kappa shape index (κ1) is 18.8. The van der Waals surface area contributed by atoms with Gasteiger partial charge in [0.25, 0.3) is 0 Å². The van der Waals surface area contributed by atoms with E-state index in [2.05, 4.69) is 5.32 Å². The first-order valence-corrected chi connectivity index (χ1v) is 8.04. The van der Waals surface area contributed by atoms with Crippen LogP contribution in [0.2, 0.25) is 0 Å². The van der Waals surface area contributed by atoms with Crippen molar-refractivity contribution in [1.29, 1.82) is 0 Å². The van der Waals surface area contributed by atoms with Gasteiger partial charge in [-0.2, -0.15) is 0 Å². The third-order valence-corrected chi connectivity index (χ3v) is 4.89. The van der Waals surface area contributed by atoms with E-state index in [1.165, 1.54) is 0 Å². The summed E-state index contributed by atoms with van der Waals surface area (Å²) in [4.78, 5) is 11.2. The van der Waals surface area contributed by atoms with Gasteiger partial charge in [0, 0.05) is 5.46 Å². The van der Waals surface area contributed by atoms with E-state index >= 15 is 0 Å². The van der Waals surface area contributed by atoms with Crippen molar-refractivity contribution in [3.05, 3.63) is 23.8 Å². The highest BCUT2D eigenvalue weighted by Crippen LogP contribution is 2.37. The number of carbonyl (C=O) groups is 1. The van der Waals surface area contributed by atoms with E-state index in [4.69, 9.17) is 14.0 Å². The number of carboxylic acids is 1. The van der Waals surface area contributed by atoms with Gasteiger partial charge in [-0.05, 0) is 52.8 Å². The summed E-state index contributed by atoms with van der Waals surface area (Å²) in [5, 5.41) is 12.0. The molecule has 0 amide bonds. The summed E-state index contributed by atoms with van der Waals surface area (Å²) in [6.45, 7) is 7.96. The predicted molar refractivity (Wildman–Crippen MR) is 92.9 cm³/mol. The summed E-state index contributed by atoms with van der Waals surface area (Å²) in [6.07, 6.45) is 0.363. The van der Waals surface area contributed by atoms with Crippen LogP contribution in [-0.4, -0.2) is 49.6 Å². The van der Waals surface area contributed by atoms with Crippen LogP contribution in [0.4, 0.5) is 0 Å². The van der Waals surface area contributed by atoms with Crippen molar-refractivity contribution in [2.24, 2.45) is 0 Å². The highest BCUT2D eigenvalue weighted by Gasteiger charge is 2.52. The Bertz CT molecular complexity index is 601. The smallest absolute Gasteiger partial charge is 0.497 e. The lowest BCUT2D eigenvalue weighted by Crippen LogP contribution is -2.41. The molecule has 0 unspecified atom stereocenters. The number of aliphatic carboxylic acids is 1. The molecule has 2 N–H and O–H groups in total. The molecule has 1 atom stereocenters. The van der Waals surface area contributed by atoms with Gasteiger partial charge in [0.05, 0.1) is 18.3 Å². The molecule has 1 saturated heterocycles. The largest absolute Gasteiger partial charge is 0.498 e. The molecule has 1 aromatic rings. The van der Waals surface area contributed by atoms with Gasteiger partial charge < -0.3 is 24.5 Å². The van der Waals surface area contributed by atoms with E-state index in [-0.39, 0.29) is 0 Å². The van der Waals surface area contributed by atoms with Crippen LogP contribution in [0, 0.1) is 0 Å². The molecule has 0 aliphatic carbocycles. The Hall–Kier alpha value is -1.57. The first-order chi connectivity index (χ1) is 11.1. The standard InChI is InChI=1S/C17H26BNO5/c1-16(2)17(3,4)24-18(23-16)12-9-11(7-8-14(12)22-6)10-13(19-5)15(20)21/h7-9,13,19H,10H2,1-6H3,(H,20,21)/t13-/m0/s1. The monoisotopic (exact) mass is 335 g/mol. The van der Waals surface area contributed by atoms with Crippen molar-refractivity contribution in [2.45, 2.75) is 51.4 Å². The Morgan fingerprint density at radius 1 is 1.29 bits per heavy atom. The highest BCUT2D eigenvalue weighted by molar-refractivity contribution is 6.63. The number of carboxylic acid groups (broad SMARTS) is 1. The summed E-state index contributed by atoms with van der Waals surface area (Å²) in [6, 6.07) is 4.93. The summed E-state index contributed by atoms with van der Waals surface area (Å²) in [7, 11) is 2.68. The summed E-state index contributed by atoms with van der Waals surface area (Å²) < 4.78 is 17.6. The fourth-order valence-electron chi connectivity index (χ4n) is 2.61. The maximum absolute atomic E-state index is 11.2. The van der Waals surface area contributed by atoms with Gasteiger partial charge in [0.1, 0.15) is 11.8 Å². The lowest BCUT2D eigenvalue weighted by Gasteiger charge is -2.32. The molecule has 24 heavy (non-hydrogen) atoms. The summed E-state index contributed by atoms with van der Waals surface area (Å²) in [5.74, 6) is -0.223. The van der Waals surface area contributed by atoms with Gasteiger partial charge in [0.2, 0.25) is 0 Å². The number of hydrogen-bond acceptors (Lipinski definition) is 5. The molecule has 1 aliphatic heterocycles. The minimum Gasteiger partial charge on any atom is -0.497 e. The van der Waals surface area contributed by atoms with Crippen LogP contribution >= 0.6 is 0 Å². The zero-order valence-corrected chi connectivity index (χ0v) is 15.2. The molecule has 0 bridgehead atoms. The SMILES string of the molecule is CN[C@@H](Cc1ccc(OC)c(B2OC(C)(C)C(C)(C)O2)c1)C(=O)O. The number of likely N-dealkylation sites (N-methyl/N-ethyl adjacent to an activating group) is 1. The maximum atomic E-state index is 11.2. The Kier molecular flexibility index (Phi) is 5.27. The number of nitrogens with one attached hydrogen (secondary N) is 1. The fraction of sp³-hybridized carbons (Fsp3) is 0.588. The fourth-order valence-corrected chi connectivity index (χ4v) is 2.61. The van der Waals surface area contributed by atoms with Crippen LogP contribution in [0.1, 0.15) is 33.3 Å². The molecule has 132 valence electrons. The second-order valence-corrected chi connectivity index (χ2v) is 7.05. The van der Waals surface area contributed by atoms with E-state index in [1.54, 1.807) is 14.2 Å². The molecule has 0 radical (unpaired) electrons. The Morgan fingerprint density at radius 2 is 1.88 bits per heavy atom. The molecule has 2 rings (SSSR count). The van der Waals surface area contributed by atoms with Crippen molar-refractivity contribution in [1.82, 2.24) is 5.32 Å². The first-order valence-electron chi connectivity index (χ1n) is 8.04. The number of hydrogen-bond donors (Lipinski definition) is 2. The molecule has 0 saturated carbocycles. The molecule has 1 heterocycles. The molecular weight excluding hydrogens is 309 g/mol. The normalized spacial score (nSPS) is 20.0. The second kappa shape index (κ2) is 6.74. The summed E-state index contributed by atoms with van der Waals surface area (Å²) in [5.41, 5.74) is 0.747. The van der Waals surface area contributed by atoms with Crippen LogP contribution < -0.4 is 15.5 Å². The van der Waals surface area contributed by atoms with Crippen LogP contribution in [0.15, 0.2) is 18.2 Å². The third-order valence-electron chi connectivity index (χ3n) is 4.89. The zero-order chi connectivity index (χ0) is 18.1. The van der Waals surface area contributed by atoms with Gasteiger partial charge in [-0.1, -0.05) is 12.1 Å². The Labute approximate surface area is 143 Å². The molecule has 0 aromatic heterocycles. The van der Waals surface area contributed by atoms with Gasteiger partial charge in [-0.25, -0.2) is 0 Å². The number of rotatable bonds is 6. The quantitative estimate of drug-likeness (QED) is 0.761. The second-order valence-electron chi connectivity index (χ2n) is 7.05. The van der Waals surface area contributed by atoms with E-state index in [9.17, 15) is 9.90 Å². The van der Waals surface area contributed by atoms with Gasteiger partial charge in [-0.15, -0.1) is 0 Å². The van der Waals surface area contributed by atoms with Crippen molar-refractivity contribution >= 4 is 18.6 Å². The van der Waals surface area contributed by atoms with E-state index in [0.29, 0.717) is 12.2 Å². The molecule has 1 aliphatic rings.